The first-order valence-corrected chi connectivity index (χ1v) is 6.93. The maximum Gasteiger partial charge on any atom is 0.272 e. The minimum absolute atomic E-state index is 0.0960. The fourth-order valence-corrected chi connectivity index (χ4v) is 2.07. The lowest BCUT2D eigenvalue weighted by Gasteiger charge is -2.13. The molecule has 0 aliphatic heterocycles. The number of rotatable bonds is 4. The molecule has 0 radical (unpaired) electrons. The third-order valence-corrected chi connectivity index (χ3v) is 3.27. The number of carbonyl (C=O) groups excluding carboxylic acids is 1. The quantitative estimate of drug-likeness (QED) is 0.800. The topological polar surface area (TPSA) is 72.7 Å². The van der Waals surface area contributed by atoms with Crippen molar-refractivity contribution in [2.45, 2.75) is 13.0 Å². The molecule has 0 unspecified atom stereocenters. The Labute approximate surface area is 127 Å². The summed E-state index contributed by atoms with van der Waals surface area (Å²) < 4.78 is 1.58. The molecular formula is C16H15N5O. The van der Waals surface area contributed by atoms with Gasteiger partial charge in [0.05, 0.1) is 6.04 Å². The molecule has 3 aromatic rings. The molecule has 0 fully saturated rings. The lowest BCUT2D eigenvalue weighted by atomic mass is 10.1. The smallest absolute Gasteiger partial charge is 0.272 e. The van der Waals surface area contributed by atoms with Crippen LogP contribution in [0.2, 0.25) is 0 Å². The summed E-state index contributed by atoms with van der Waals surface area (Å²) in [7, 11) is 0. The predicted molar refractivity (Wildman–Crippen MR) is 81.5 cm³/mol. The van der Waals surface area contributed by atoms with Gasteiger partial charge in [0.2, 0.25) is 0 Å². The predicted octanol–water partition coefficient (Wildman–Crippen LogP) is 2.15. The number of nitrogens with one attached hydrogen (secondary N) is 1. The molecule has 110 valence electrons. The van der Waals surface area contributed by atoms with Crippen LogP contribution in [0, 0.1) is 0 Å². The van der Waals surface area contributed by atoms with Crippen LogP contribution in [0.4, 0.5) is 0 Å². The van der Waals surface area contributed by atoms with Crippen molar-refractivity contribution in [3.05, 3.63) is 72.2 Å². The van der Waals surface area contributed by atoms with Crippen LogP contribution in [-0.2, 0) is 0 Å². The van der Waals surface area contributed by atoms with E-state index in [-0.39, 0.29) is 17.6 Å². The SMILES string of the molecule is C[C@H](NC(=O)c1ccc(-n2cccn2)nn1)c1ccccc1. The molecule has 3 rings (SSSR count). The van der Waals surface area contributed by atoms with Crippen LogP contribution in [-0.4, -0.2) is 25.9 Å². The van der Waals surface area contributed by atoms with Crippen LogP contribution in [0.1, 0.15) is 29.0 Å². The minimum Gasteiger partial charge on any atom is -0.344 e. The summed E-state index contributed by atoms with van der Waals surface area (Å²) in [5, 5.41) is 14.9. The van der Waals surface area contributed by atoms with E-state index in [1.807, 2.05) is 37.3 Å². The van der Waals surface area contributed by atoms with Crippen molar-refractivity contribution in [3.8, 4) is 5.82 Å². The molecular weight excluding hydrogens is 278 g/mol. The van der Waals surface area contributed by atoms with Gasteiger partial charge in [0.25, 0.3) is 5.91 Å². The fourth-order valence-electron chi connectivity index (χ4n) is 2.07. The number of aromatic nitrogens is 4. The molecule has 6 heteroatoms. The Hall–Kier alpha value is -3.02. The molecule has 0 saturated carbocycles. The Bertz CT molecular complexity index is 738. The van der Waals surface area contributed by atoms with Crippen molar-refractivity contribution in [1.82, 2.24) is 25.3 Å². The van der Waals surface area contributed by atoms with Crippen LogP contribution < -0.4 is 5.32 Å². The van der Waals surface area contributed by atoms with Crippen molar-refractivity contribution in [3.63, 3.8) is 0 Å². The van der Waals surface area contributed by atoms with Gasteiger partial charge in [0.15, 0.2) is 11.5 Å². The lowest BCUT2D eigenvalue weighted by Crippen LogP contribution is -2.27. The molecule has 0 aliphatic carbocycles. The molecule has 1 N–H and O–H groups in total. The van der Waals surface area contributed by atoms with E-state index in [9.17, 15) is 4.79 Å². The largest absolute Gasteiger partial charge is 0.344 e. The van der Waals surface area contributed by atoms with E-state index in [1.165, 1.54) is 0 Å². The van der Waals surface area contributed by atoms with Gasteiger partial charge in [-0.2, -0.15) is 5.10 Å². The Balaban J connectivity index is 1.70. The Morgan fingerprint density at radius 2 is 1.91 bits per heavy atom. The number of nitrogens with zero attached hydrogens (tertiary/aromatic N) is 4. The van der Waals surface area contributed by atoms with Crippen molar-refractivity contribution in [2.75, 3.05) is 0 Å². The van der Waals surface area contributed by atoms with Gasteiger partial charge in [0.1, 0.15) is 0 Å². The average Bonchev–Trinajstić information content (AvgIpc) is 3.10. The van der Waals surface area contributed by atoms with Crippen LogP contribution in [0.25, 0.3) is 5.82 Å². The highest BCUT2D eigenvalue weighted by Gasteiger charge is 2.13. The van der Waals surface area contributed by atoms with E-state index in [2.05, 4.69) is 20.6 Å². The first kappa shape index (κ1) is 13.9. The molecule has 0 aliphatic rings. The zero-order valence-electron chi connectivity index (χ0n) is 12.0. The lowest BCUT2D eigenvalue weighted by molar-refractivity contribution is 0.0934. The van der Waals surface area contributed by atoms with Crippen LogP contribution in [0.3, 0.4) is 0 Å². The summed E-state index contributed by atoms with van der Waals surface area (Å²) in [4.78, 5) is 12.2. The van der Waals surface area contributed by atoms with E-state index in [0.29, 0.717) is 5.82 Å². The first-order valence-electron chi connectivity index (χ1n) is 6.93. The second-order valence-corrected chi connectivity index (χ2v) is 4.83. The molecule has 6 nitrogen and oxygen atoms in total. The van der Waals surface area contributed by atoms with E-state index in [1.54, 1.807) is 35.3 Å². The molecule has 1 atom stereocenters. The Morgan fingerprint density at radius 3 is 2.55 bits per heavy atom. The third kappa shape index (κ3) is 3.01. The van der Waals surface area contributed by atoms with Gasteiger partial charge in [-0.25, -0.2) is 4.68 Å². The van der Waals surface area contributed by atoms with E-state index in [4.69, 9.17) is 0 Å². The van der Waals surface area contributed by atoms with Crippen LogP contribution in [0.5, 0.6) is 0 Å². The van der Waals surface area contributed by atoms with Crippen molar-refractivity contribution in [2.24, 2.45) is 0 Å². The Morgan fingerprint density at radius 1 is 1.09 bits per heavy atom. The zero-order valence-corrected chi connectivity index (χ0v) is 12.0. The summed E-state index contributed by atoms with van der Waals surface area (Å²) in [6.45, 7) is 1.93. The summed E-state index contributed by atoms with van der Waals surface area (Å²) in [5.74, 6) is 0.313. The molecule has 2 heterocycles. The normalized spacial score (nSPS) is 11.9. The minimum atomic E-state index is -0.254. The van der Waals surface area contributed by atoms with Crippen molar-refractivity contribution in [1.29, 1.82) is 0 Å². The second kappa shape index (κ2) is 6.17. The van der Waals surface area contributed by atoms with Crippen LogP contribution >= 0.6 is 0 Å². The highest BCUT2D eigenvalue weighted by Crippen LogP contribution is 2.12. The van der Waals surface area contributed by atoms with Gasteiger partial charge in [-0.15, -0.1) is 10.2 Å². The van der Waals surface area contributed by atoms with Gasteiger partial charge in [-0.05, 0) is 30.7 Å². The van der Waals surface area contributed by atoms with Gasteiger partial charge in [0, 0.05) is 12.4 Å². The zero-order chi connectivity index (χ0) is 15.4. The maximum absolute atomic E-state index is 12.2. The highest BCUT2D eigenvalue weighted by atomic mass is 16.2. The maximum atomic E-state index is 12.2. The van der Waals surface area contributed by atoms with Gasteiger partial charge >= 0.3 is 0 Å². The van der Waals surface area contributed by atoms with E-state index >= 15 is 0 Å². The van der Waals surface area contributed by atoms with Gasteiger partial charge in [-0.3, -0.25) is 4.79 Å². The second-order valence-electron chi connectivity index (χ2n) is 4.83. The molecule has 0 spiro atoms. The van der Waals surface area contributed by atoms with Crippen molar-refractivity contribution < 1.29 is 4.79 Å². The van der Waals surface area contributed by atoms with Gasteiger partial charge < -0.3 is 5.32 Å². The van der Waals surface area contributed by atoms with E-state index in [0.717, 1.165) is 5.56 Å². The van der Waals surface area contributed by atoms with E-state index < -0.39 is 0 Å². The first-order chi connectivity index (χ1) is 10.7. The molecule has 1 amide bonds. The molecule has 22 heavy (non-hydrogen) atoms. The third-order valence-electron chi connectivity index (χ3n) is 3.27. The number of carbonyl (C=O) groups is 1. The molecule has 1 aromatic carbocycles. The summed E-state index contributed by atoms with van der Waals surface area (Å²) in [6.07, 6.45) is 3.42. The molecule has 0 saturated heterocycles. The number of hydrogen-bond acceptors (Lipinski definition) is 4. The fraction of sp³-hybridized carbons (Fsp3) is 0.125. The number of hydrogen-bond donors (Lipinski definition) is 1. The van der Waals surface area contributed by atoms with Crippen LogP contribution in [0.15, 0.2) is 60.9 Å². The molecule has 0 bridgehead atoms. The average molecular weight is 293 g/mol. The number of amides is 1. The summed E-state index contributed by atoms with van der Waals surface area (Å²) in [5.41, 5.74) is 1.32. The summed E-state index contributed by atoms with van der Waals surface area (Å²) >= 11 is 0. The van der Waals surface area contributed by atoms with Gasteiger partial charge in [-0.1, -0.05) is 30.3 Å². The highest BCUT2D eigenvalue weighted by molar-refractivity contribution is 5.92. The number of benzene rings is 1. The van der Waals surface area contributed by atoms with Crippen molar-refractivity contribution >= 4 is 5.91 Å². The Kier molecular flexibility index (Phi) is 3.91. The standard InChI is InChI=1S/C16H15N5O/c1-12(13-6-3-2-4-7-13)18-16(22)14-8-9-15(20-19-14)21-11-5-10-17-21/h2-12H,1H3,(H,18,22)/t12-/m0/s1. The molecule has 2 aromatic heterocycles. The monoisotopic (exact) mass is 293 g/mol. The summed E-state index contributed by atoms with van der Waals surface area (Å²) in [6, 6.07) is 14.8.